The molecule has 0 amide bonds. The highest BCUT2D eigenvalue weighted by atomic mass is 32.2. The van der Waals surface area contributed by atoms with Gasteiger partial charge in [0.15, 0.2) is 9.84 Å². The van der Waals surface area contributed by atoms with Crippen LogP contribution < -0.4 is 5.32 Å². The highest BCUT2D eigenvalue weighted by Crippen LogP contribution is 2.20. The van der Waals surface area contributed by atoms with Gasteiger partial charge in [-0.05, 0) is 26.7 Å². The van der Waals surface area contributed by atoms with Gasteiger partial charge in [0.2, 0.25) is 0 Å². The summed E-state index contributed by atoms with van der Waals surface area (Å²) in [5, 5.41) is 3.15. The van der Waals surface area contributed by atoms with Crippen LogP contribution in [0, 0.1) is 0 Å². The van der Waals surface area contributed by atoms with Gasteiger partial charge in [0.25, 0.3) is 0 Å². The molecular weight excluding hydrogens is 186 g/mol. The van der Waals surface area contributed by atoms with E-state index in [1.165, 1.54) is 0 Å². The molecule has 3 nitrogen and oxygen atoms in total. The first-order valence-corrected chi connectivity index (χ1v) is 6.66. The van der Waals surface area contributed by atoms with Gasteiger partial charge in [-0.3, -0.25) is 0 Å². The highest BCUT2D eigenvalue weighted by Gasteiger charge is 2.36. The Bertz CT molecular complexity index is 261. The van der Waals surface area contributed by atoms with E-state index in [9.17, 15) is 8.42 Å². The Morgan fingerprint density at radius 2 is 2.15 bits per heavy atom. The molecule has 1 saturated heterocycles. The zero-order valence-electron chi connectivity index (χ0n) is 8.58. The molecule has 78 valence electrons. The molecule has 3 atom stereocenters. The lowest BCUT2D eigenvalue weighted by Crippen LogP contribution is -2.41. The molecule has 4 heteroatoms. The van der Waals surface area contributed by atoms with Crippen LogP contribution in [-0.2, 0) is 9.84 Å². The third-order valence-corrected chi connectivity index (χ3v) is 5.22. The van der Waals surface area contributed by atoms with Crippen molar-refractivity contribution in [3.63, 3.8) is 0 Å². The van der Waals surface area contributed by atoms with Crippen LogP contribution in [0.15, 0.2) is 0 Å². The summed E-state index contributed by atoms with van der Waals surface area (Å²) in [5.41, 5.74) is 0. The summed E-state index contributed by atoms with van der Waals surface area (Å²) in [5.74, 6) is 0.349. The van der Waals surface area contributed by atoms with E-state index in [1.54, 1.807) is 0 Å². The molecule has 0 radical (unpaired) electrons. The summed E-state index contributed by atoms with van der Waals surface area (Å²) in [6, 6.07) is 0.584. The van der Waals surface area contributed by atoms with Crippen molar-refractivity contribution in [1.29, 1.82) is 0 Å². The molecule has 3 unspecified atom stereocenters. The van der Waals surface area contributed by atoms with Crippen LogP contribution in [0.4, 0.5) is 0 Å². The maximum atomic E-state index is 11.4. The highest BCUT2D eigenvalue weighted by molar-refractivity contribution is 7.92. The van der Waals surface area contributed by atoms with Crippen LogP contribution in [0.5, 0.6) is 0 Å². The van der Waals surface area contributed by atoms with Gasteiger partial charge in [-0.2, -0.15) is 0 Å². The molecule has 0 saturated carbocycles. The summed E-state index contributed by atoms with van der Waals surface area (Å²) in [7, 11) is -2.79. The van der Waals surface area contributed by atoms with E-state index in [1.807, 2.05) is 6.92 Å². The van der Waals surface area contributed by atoms with E-state index < -0.39 is 9.84 Å². The Morgan fingerprint density at radius 1 is 1.54 bits per heavy atom. The van der Waals surface area contributed by atoms with Crippen LogP contribution in [0.3, 0.4) is 0 Å². The fourth-order valence-electron chi connectivity index (χ4n) is 1.66. The maximum Gasteiger partial charge on any atom is 0.154 e. The van der Waals surface area contributed by atoms with Crippen LogP contribution in [0.2, 0.25) is 0 Å². The van der Waals surface area contributed by atoms with Gasteiger partial charge in [0.05, 0.1) is 11.0 Å². The molecule has 0 aromatic carbocycles. The molecule has 0 bridgehead atoms. The van der Waals surface area contributed by atoms with Crippen molar-refractivity contribution >= 4 is 9.84 Å². The number of nitrogens with one attached hydrogen (secondary N) is 1. The first-order chi connectivity index (χ1) is 5.97. The minimum Gasteiger partial charge on any atom is -0.310 e. The van der Waals surface area contributed by atoms with Crippen molar-refractivity contribution in [3.05, 3.63) is 0 Å². The minimum atomic E-state index is -2.79. The van der Waals surface area contributed by atoms with E-state index in [0.717, 1.165) is 12.8 Å². The molecule has 0 aromatic rings. The fourth-order valence-corrected chi connectivity index (χ4v) is 3.33. The topological polar surface area (TPSA) is 46.2 Å². The number of sulfone groups is 1. The predicted octanol–water partition coefficient (Wildman–Crippen LogP) is 0.950. The molecule has 1 rings (SSSR count). The monoisotopic (exact) mass is 205 g/mol. The summed E-state index contributed by atoms with van der Waals surface area (Å²) in [6.07, 6.45) is 1.82. The third kappa shape index (κ3) is 2.44. The van der Waals surface area contributed by atoms with Gasteiger partial charge in [-0.15, -0.1) is 0 Å². The van der Waals surface area contributed by atoms with Gasteiger partial charge in [-0.25, -0.2) is 8.42 Å². The lowest BCUT2D eigenvalue weighted by molar-refractivity contribution is 0.433. The average Bonchev–Trinajstić information content (AvgIpc) is 2.32. The molecule has 0 aromatic heterocycles. The average molecular weight is 205 g/mol. The van der Waals surface area contributed by atoms with Crippen molar-refractivity contribution < 1.29 is 8.42 Å². The van der Waals surface area contributed by atoms with Crippen molar-refractivity contribution in [2.24, 2.45) is 0 Å². The lowest BCUT2D eigenvalue weighted by Gasteiger charge is -2.20. The second kappa shape index (κ2) is 3.96. The van der Waals surface area contributed by atoms with Crippen molar-refractivity contribution in [2.45, 2.75) is 50.9 Å². The standard InChI is InChI=1S/C9H19NO2S/c1-4-7(2)10-9-5-6-13(11,12)8(9)3/h7-10H,4-6H2,1-3H3. The van der Waals surface area contributed by atoms with Gasteiger partial charge >= 0.3 is 0 Å². The van der Waals surface area contributed by atoms with E-state index in [0.29, 0.717) is 11.8 Å². The fraction of sp³-hybridized carbons (Fsp3) is 1.00. The molecule has 0 spiro atoms. The zero-order valence-corrected chi connectivity index (χ0v) is 9.39. The SMILES string of the molecule is CCC(C)NC1CCS(=O)(=O)C1C. The maximum absolute atomic E-state index is 11.4. The first-order valence-electron chi connectivity index (χ1n) is 4.95. The Balaban J connectivity index is 2.56. The Labute approximate surface area is 80.8 Å². The first kappa shape index (κ1) is 11.0. The van der Waals surface area contributed by atoms with E-state index in [-0.39, 0.29) is 11.3 Å². The summed E-state index contributed by atoms with van der Waals surface area (Å²) in [4.78, 5) is 0. The summed E-state index contributed by atoms with van der Waals surface area (Å²) in [6.45, 7) is 6.01. The van der Waals surface area contributed by atoms with Crippen LogP contribution in [-0.4, -0.2) is 31.5 Å². The quantitative estimate of drug-likeness (QED) is 0.746. The van der Waals surface area contributed by atoms with Crippen LogP contribution >= 0.6 is 0 Å². The second-order valence-electron chi connectivity index (χ2n) is 3.94. The Morgan fingerprint density at radius 3 is 2.54 bits per heavy atom. The molecule has 1 fully saturated rings. The molecule has 0 aliphatic carbocycles. The van der Waals surface area contributed by atoms with E-state index in [2.05, 4.69) is 19.2 Å². The largest absolute Gasteiger partial charge is 0.310 e. The van der Waals surface area contributed by atoms with Crippen LogP contribution in [0.1, 0.15) is 33.6 Å². The van der Waals surface area contributed by atoms with Crippen molar-refractivity contribution in [1.82, 2.24) is 5.32 Å². The van der Waals surface area contributed by atoms with Gasteiger partial charge < -0.3 is 5.32 Å². The molecule has 1 heterocycles. The summed E-state index contributed by atoms with van der Waals surface area (Å²) < 4.78 is 22.8. The molecular formula is C9H19NO2S. The van der Waals surface area contributed by atoms with Crippen molar-refractivity contribution in [2.75, 3.05) is 5.75 Å². The van der Waals surface area contributed by atoms with E-state index >= 15 is 0 Å². The minimum absolute atomic E-state index is 0.167. The molecule has 13 heavy (non-hydrogen) atoms. The number of rotatable bonds is 3. The molecule has 1 N–H and O–H groups in total. The van der Waals surface area contributed by atoms with E-state index in [4.69, 9.17) is 0 Å². The summed E-state index contributed by atoms with van der Waals surface area (Å²) >= 11 is 0. The molecule has 1 aliphatic heterocycles. The zero-order chi connectivity index (χ0) is 10.1. The number of hydrogen-bond acceptors (Lipinski definition) is 3. The Kier molecular flexibility index (Phi) is 3.35. The van der Waals surface area contributed by atoms with Gasteiger partial charge in [0, 0.05) is 12.1 Å². The van der Waals surface area contributed by atoms with Crippen LogP contribution in [0.25, 0.3) is 0 Å². The van der Waals surface area contributed by atoms with Gasteiger partial charge in [0.1, 0.15) is 0 Å². The third-order valence-electron chi connectivity index (χ3n) is 2.96. The molecule has 1 aliphatic rings. The van der Waals surface area contributed by atoms with Crippen molar-refractivity contribution in [3.8, 4) is 0 Å². The normalized spacial score (nSPS) is 34.7. The number of hydrogen-bond donors (Lipinski definition) is 1. The second-order valence-corrected chi connectivity index (χ2v) is 6.42. The smallest absolute Gasteiger partial charge is 0.154 e. The van der Waals surface area contributed by atoms with Gasteiger partial charge in [-0.1, -0.05) is 6.92 Å². The Hall–Kier alpha value is -0.0900. The lowest BCUT2D eigenvalue weighted by atomic mass is 10.1. The predicted molar refractivity (Wildman–Crippen MR) is 54.5 cm³/mol.